The Kier molecular flexibility index (Phi) is 6.36. The number of carbonyl (C=O) groups is 1. The largest absolute Gasteiger partial charge is 0.342 e. The third-order valence-electron chi connectivity index (χ3n) is 5.15. The van der Waals surface area contributed by atoms with Crippen LogP contribution in [0.1, 0.15) is 43.2 Å². The zero-order chi connectivity index (χ0) is 18.4. The number of halogens is 2. The number of H-pyrrole nitrogens is 1. The Morgan fingerprint density at radius 1 is 1.27 bits per heavy atom. The quantitative estimate of drug-likeness (QED) is 0.814. The van der Waals surface area contributed by atoms with Crippen molar-refractivity contribution in [2.75, 3.05) is 13.1 Å². The number of aromatic nitrogens is 2. The maximum atomic E-state index is 13.8. The van der Waals surface area contributed by atoms with Gasteiger partial charge in [-0.15, -0.1) is 0 Å². The van der Waals surface area contributed by atoms with Gasteiger partial charge in [-0.25, -0.2) is 8.78 Å². The van der Waals surface area contributed by atoms with Crippen molar-refractivity contribution in [3.63, 3.8) is 0 Å². The first-order valence-electron chi connectivity index (χ1n) is 9.32. The van der Waals surface area contributed by atoms with E-state index in [1.807, 2.05) is 11.1 Å². The van der Waals surface area contributed by atoms with E-state index in [4.69, 9.17) is 0 Å². The molecule has 1 aromatic heterocycles. The van der Waals surface area contributed by atoms with Crippen LogP contribution < -0.4 is 0 Å². The van der Waals surface area contributed by atoms with Gasteiger partial charge in [-0.05, 0) is 62.1 Å². The molecule has 1 atom stereocenters. The molecule has 1 unspecified atom stereocenters. The monoisotopic (exact) mass is 361 g/mol. The molecule has 0 aliphatic carbocycles. The van der Waals surface area contributed by atoms with Crippen LogP contribution in [0.25, 0.3) is 0 Å². The molecule has 0 spiro atoms. The molecular weight excluding hydrogens is 336 g/mol. The molecule has 0 radical (unpaired) electrons. The van der Waals surface area contributed by atoms with E-state index in [0.717, 1.165) is 37.8 Å². The minimum atomic E-state index is -0.479. The Hall–Kier alpha value is -2.24. The summed E-state index contributed by atoms with van der Waals surface area (Å²) < 4.78 is 27.5. The molecule has 2 aromatic rings. The van der Waals surface area contributed by atoms with E-state index in [2.05, 4.69) is 10.2 Å². The van der Waals surface area contributed by atoms with Crippen LogP contribution in [0.5, 0.6) is 0 Å². The first kappa shape index (κ1) is 18.5. The number of carbonyl (C=O) groups excluding carboxylic acids is 1. The molecule has 0 bridgehead atoms. The molecule has 1 aliphatic rings. The summed E-state index contributed by atoms with van der Waals surface area (Å²) in [5.74, 6) is -0.475. The second-order valence-corrected chi connectivity index (χ2v) is 7.05. The molecule has 4 nitrogen and oxygen atoms in total. The lowest BCUT2D eigenvalue weighted by Gasteiger charge is -2.33. The van der Waals surface area contributed by atoms with Gasteiger partial charge in [-0.3, -0.25) is 9.89 Å². The molecule has 1 N–H and O–H groups in total. The third-order valence-corrected chi connectivity index (χ3v) is 5.15. The zero-order valence-corrected chi connectivity index (χ0v) is 14.9. The molecule has 26 heavy (non-hydrogen) atoms. The van der Waals surface area contributed by atoms with Crippen LogP contribution in [0, 0.1) is 17.6 Å². The lowest BCUT2D eigenvalue weighted by atomic mass is 9.91. The average molecular weight is 361 g/mol. The van der Waals surface area contributed by atoms with E-state index in [9.17, 15) is 13.6 Å². The summed E-state index contributed by atoms with van der Waals surface area (Å²) in [5.41, 5.74) is 1.28. The van der Waals surface area contributed by atoms with E-state index in [1.54, 1.807) is 6.20 Å². The van der Waals surface area contributed by atoms with Gasteiger partial charge < -0.3 is 4.90 Å². The lowest BCUT2D eigenvalue weighted by Crippen LogP contribution is -2.40. The minimum Gasteiger partial charge on any atom is -0.342 e. The van der Waals surface area contributed by atoms with Gasteiger partial charge in [0.25, 0.3) is 0 Å². The van der Waals surface area contributed by atoms with E-state index in [0.29, 0.717) is 31.7 Å². The van der Waals surface area contributed by atoms with Crippen molar-refractivity contribution in [2.24, 2.45) is 5.92 Å². The van der Waals surface area contributed by atoms with Crippen molar-refractivity contribution in [1.29, 1.82) is 0 Å². The molecule has 1 fully saturated rings. The van der Waals surface area contributed by atoms with Crippen LogP contribution >= 0.6 is 0 Å². The maximum Gasteiger partial charge on any atom is 0.222 e. The van der Waals surface area contributed by atoms with Gasteiger partial charge in [0.1, 0.15) is 11.6 Å². The number of aromatic amines is 1. The molecule has 1 aliphatic heterocycles. The standard InChI is InChI=1S/C20H25F2N3O/c21-18-6-2-7-19(22)17(18)10-9-15-5-3-11-25(14-15)20(26)8-1-4-16-12-23-24-13-16/h2,6-7,12-13,15H,1,3-5,8-11,14H2,(H,23,24). The van der Waals surface area contributed by atoms with Crippen LogP contribution in [0.4, 0.5) is 8.78 Å². The lowest BCUT2D eigenvalue weighted by molar-refractivity contribution is -0.133. The highest BCUT2D eigenvalue weighted by Crippen LogP contribution is 2.24. The van der Waals surface area contributed by atoms with Crippen LogP contribution in [0.3, 0.4) is 0 Å². The summed E-state index contributed by atoms with van der Waals surface area (Å²) >= 11 is 0. The van der Waals surface area contributed by atoms with Gasteiger partial charge in [0, 0.05) is 31.3 Å². The van der Waals surface area contributed by atoms with Gasteiger partial charge in [0.05, 0.1) is 6.20 Å². The first-order chi connectivity index (χ1) is 12.6. The van der Waals surface area contributed by atoms with Crippen molar-refractivity contribution >= 4 is 5.91 Å². The van der Waals surface area contributed by atoms with E-state index < -0.39 is 11.6 Å². The van der Waals surface area contributed by atoms with Crippen molar-refractivity contribution in [1.82, 2.24) is 15.1 Å². The van der Waals surface area contributed by atoms with Crippen molar-refractivity contribution < 1.29 is 13.6 Å². The summed E-state index contributed by atoms with van der Waals surface area (Å²) in [6, 6.07) is 3.99. The number of hydrogen-bond acceptors (Lipinski definition) is 2. The number of nitrogens with zero attached hydrogens (tertiary/aromatic N) is 2. The Bertz CT molecular complexity index is 698. The Morgan fingerprint density at radius 2 is 2.08 bits per heavy atom. The molecule has 0 saturated carbocycles. The fourth-order valence-corrected chi connectivity index (χ4v) is 3.66. The number of benzene rings is 1. The van der Waals surface area contributed by atoms with E-state index in [-0.39, 0.29) is 11.5 Å². The van der Waals surface area contributed by atoms with Gasteiger partial charge in [-0.1, -0.05) is 6.07 Å². The fraction of sp³-hybridized carbons (Fsp3) is 0.500. The van der Waals surface area contributed by atoms with Crippen LogP contribution in [-0.2, 0) is 17.6 Å². The smallest absolute Gasteiger partial charge is 0.222 e. The Labute approximate surface area is 152 Å². The normalized spacial score (nSPS) is 17.5. The number of hydrogen-bond donors (Lipinski definition) is 1. The number of amides is 1. The van der Waals surface area contributed by atoms with Crippen molar-refractivity contribution in [3.8, 4) is 0 Å². The van der Waals surface area contributed by atoms with E-state index in [1.165, 1.54) is 18.2 Å². The Morgan fingerprint density at radius 3 is 2.81 bits per heavy atom. The van der Waals surface area contributed by atoms with Crippen LogP contribution in [0.2, 0.25) is 0 Å². The molecule has 1 saturated heterocycles. The van der Waals surface area contributed by atoms with Gasteiger partial charge in [-0.2, -0.15) is 5.10 Å². The van der Waals surface area contributed by atoms with Gasteiger partial charge in [0.2, 0.25) is 5.91 Å². The molecule has 2 heterocycles. The second-order valence-electron chi connectivity index (χ2n) is 7.05. The predicted octanol–water partition coefficient (Wildman–Crippen LogP) is 3.88. The highest BCUT2D eigenvalue weighted by molar-refractivity contribution is 5.76. The van der Waals surface area contributed by atoms with Crippen molar-refractivity contribution in [3.05, 3.63) is 53.4 Å². The summed E-state index contributed by atoms with van der Waals surface area (Å²) in [5, 5.41) is 6.68. The maximum absolute atomic E-state index is 13.8. The molecule has 1 aromatic carbocycles. The second kappa shape index (κ2) is 8.92. The fourth-order valence-electron chi connectivity index (χ4n) is 3.66. The zero-order valence-electron chi connectivity index (χ0n) is 14.9. The predicted molar refractivity (Wildman–Crippen MR) is 95.5 cm³/mol. The molecular formula is C20H25F2N3O. The topological polar surface area (TPSA) is 49.0 Å². The summed E-state index contributed by atoms with van der Waals surface area (Å²) in [6.07, 6.45) is 8.85. The number of likely N-dealkylation sites (tertiary alicyclic amines) is 1. The SMILES string of the molecule is O=C(CCCc1cn[nH]c1)N1CCCC(CCc2c(F)cccc2F)C1. The molecule has 1 amide bonds. The summed E-state index contributed by atoms with van der Waals surface area (Å²) in [6.45, 7) is 1.48. The summed E-state index contributed by atoms with van der Waals surface area (Å²) in [4.78, 5) is 14.4. The molecule has 3 rings (SSSR count). The Balaban J connectivity index is 1.45. The van der Waals surface area contributed by atoms with Gasteiger partial charge in [0.15, 0.2) is 0 Å². The van der Waals surface area contributed by atoms with Crippen LogP contribution in [0.15, 0.2) is 30.6 Å². The van der Waals surface area contributed by atoms with Crippen molar-refractivity contribution in [2.45, 2.75) is 44.9 Å². The third kappa shape index (κ3) is 4.90. The highest BCUT2D eigenvalue weighted by Gasteiger charge is 2.23. The average Bonchev–Trinajstić information content (AvgIpc) is 3.15. The summed E-state index contributed by atoms with van der Waals surface area (Å²) in [7, 11) is 0. The molecule has 6 heteroatoms. The molecule has 140 valence electrons. The number of piperidine rings is 1. The van der Waals surface area contributed by atoms with E-state index >= 15 is 0 Å². The van der Waals surface area contributed by atoms with Gasteiger partial charge >= 0.3 is 0 Å². The van der Waals surface area contributed by atoms with Crippen LogP contribution in [-0.4, -0.2) is 34.1 Å². The number of aryl methyl sites for hydroxylation is 1. The minimum absolute atomic E-state index is 0.163. The number of rotatable bonds is 7. The highest BCUT2D eigenvalue weighted by atomic mass is 19.1. The number of nitrogens with one attached hydrogen (secondary N) is 1. The first-order valence-corrected chi connectivity index (χ1v) is 9.32.